The summed E-state index contributed by atoms with van der Waals surface area (Å²) < 4.78 is 25.3. The molecule has 0 N–H and O–H groups in total. The molecular weight excluding hydrogens is 379 g/mol. The molecule has 0 aliphatic rings. The highest BCUT2D eigenvalue weighted by Gasteiger charge is 2.15. The van der Waals surface area contributed by atoms with E-state index in [4.69, 9.17) is 20.8 Å². The first kappa shape index (κ1) is 14.8. The fraction of sp³-hybridized carbons (Fsp3) is 0. The monoisotopic (exact) mass is 384 g/mol. The van der Waals surface area contributed by atoms with E-state index in [2.05, 4.69) is 21.0 Å². The zero-order valence-electron chi connectivity index (χ0n) is 10.8. The molecule has 22 heavy (non-hydrogen) atoms. The molecule has 0 radical (unpaired) electrons. The van der Waals surface area contributed by atoms with E-state index in [9.17, 15) is 9.18 Å². The van der Waals surface area contributed by atoms with Gasteiger partial charge in [0.2, 0.25) is 0 Å². The number of ether oxygens (including phenoxy) is 1. The second kappa shape index (κ2) is 5.94. The van der Waals surface area contributed by atoms with Crippen molar-refractivity contribution >= 4 is 27.5 Å². The van der Waals surface area contributed by atoms with Crippen LogP contribution in [0.2, 0.25) is 5.02 Å². The number of benzene rings is 2. The van der Waals surface area contributed by atoms with Crippen molar-refractivity contribution in [1.29, 1.82) is 0 Å². The number of halogens is 3. The van der Waals surface area contributed by atoms with Gasteiger partial charge in [-0.15, -0.1) is 0 Å². The summed E-state index contributed by atoms with van der Waals surface area (Å²) in [6.07, 6.45) is -0.299. The van der Waals surface area contributed by atoms with Gasteiger partial charge in [-0.2, -0.15) is 4.68 Å². The normalized spacial score (nSPS) is 10.7. The quantitative estimate of drug-likeness (QED) is 0.679. The van der Waals surface area contributed by atoms with Crippen molar-refractivity contribution in [2.45, 2.75) is 0 Å². The van der Waals surface area contributed by atoms with Gasteiger partial charge in [-0.1, -0.05) is 32.6 Å². The minimum atomic E-state index is -0.860. The average molecular weight is 386 g/mol. The van der Waals surface area contributed by atoms with Crippen LogP contribution in [0.25, 0.3) is 5.69 Å². The number of rotatable bonds is 3. The van der Waals surface area contributed by atoms with Gasteiger partial charge in [-0.25, -0.2) is 9.18 Å². The summed E-state index contributed by atoms with van der Waals surface area (Å²) in [7, 11) is 0. The fourth-order valence-electron chi connectivity index (χ4n) is 1.71. The lowest BCUT2D eigenvalue weighted by Crippen LogP contribution is -2.14. The van der Waals surface area contributed by atoms with Crippen LogP contribution in [0.5, 0.6) is 11.8 Å². The molecule has 0 atom stereocenters. The second-order valence-corrected chi connectivity index (χ2v) is 5.55. The number of hydrogen-bond acceptors (Lipinski definition) is 4. The van der Waals surface area contributed by atoms with Crippen LogP contribution < -0.4 is 10.5 Å². The summed E-state index contributed by atoms with van der Waals surface area (Å²) in [5.74, 6) is -1.09. The standard InChI is InChI=1S/C14H7BrClFN2O3/c15-8-1-6-11(17)12(7-8)19-14(20)22-13(18-19)21-10-4-2-9(16)3-5-10/h1-7H. The van der Waals surface area contributed by atoms with Gasteiger partial charge in [-0.05, 0) is 42.5 Å². The van der Waals surface area contributed by atoms with Crippen LogP contribution in [-0.2, 0) is 0 Å². The van der Waals surface area contributed by atoms with Gasteiger partial charge in [0, 0.05) is 9.50 Å². The first-order valence-electron chi connectivity index (χ1n) is 6.02. The lowest BCUT2D eigenvalue weighted by Gasteiger charge is -2.01. The maximum atomic E-state index is 13.8. The van der Waals surface area contributed by atoms with Crippen molar-refractivity contribution in [3.63, 3.8) is 0 Å². The third-order valence-corrected chi connectivity index (χ3v) is 3.43. The van der Waals surface area contributed by atoms with Gasteiger partial charge in [0.05, 0.1) is 0 Å². The van der Waals surface area contributed by atoms with Crippen LogP contribution in [0.15, 0.2) is 56.1 Å². The van der Waals surface area contributed by atoms with Gasteiger partial charge in [0.1, 0.15) is 17.3 Å². The molecule has 0 unspecified atom stereocenters. The lowest BCUT2D eigenvalue weighted by molar-refractivity contribution is 0.320. The Labute approximate surface area is 137 Å². The van der Waals surface area contributed by atoms with E-state index in [1.807, 2.05) is 0 Å². The Morgan fingerprint density at radius 3 is 2.68 bits per heavy atom. The topological polar surface area (TPSA) is 57.3 Å². The molecule has 1 heterocycles. The van der Waals surface area contributed by atoms with E-state index >= 15 is 0 Å². The Balaban J connectivity index is 1.95. The summed E-state index contributed by atoms with van der Waals surface area (Å²) in [5.41, 5.74) is -0.0471. The maximum absolute atomic E-state index is 13.8. The van der Waals surface area contributed by atoms with E-state index < -0.39 is 11.6 Å². The Morgan fingerprint density at radius 1 is 1.23 bits per heavy atom. The van der Waals surface area contributed by atoms with E-state index in [-0.39, 0.29) is 11.8 Å². The number of hydrogen-bond donors (Lipinski definition) is 0. The summed E-state index contributed by atoms with van der Waals surface area (Å²) in [6.45, 7) is 0. The van der Waals surface area contributed by atoms with Crippen LogP contribution in [-0.4, -0.2) is 9.78 Å². The largest absolute Gasteiger partial charge is 0.444 e. The first-order valence-corrected chi connectivity index (χ1v) is 7.19. The lowest BCUT2D eigenvalue weighted by atomic mass is 10.3. The average Bonchev–Trinajstić information content (AvgIpc) is 2.84. The third-order valence-electron chi connectivity index (χ3n) is 2.68. The smallest absolute Gasteiger partial charge is 0.410 e. The Hall–Kier alpha value is -2.12. The van der Waals surface area contributed by atoms with Crippen molar-refractivity contribution in [1.82, 2.24) is 9.78 Å². The van der Waals surface area contributed by atoms with Crippen molar-refractivity contribution < 1.29 is 13.5 Å². The summed E-state index contributed by atoms with van der Waals surface area (Å²) in [4.78, 5) is 11.8. The molecule has 0 spiro atoms. The van der Waals surface area contributed by atoms with E-state index in [1.54, 1.807) is 24.3 Å². The highest BCUT2D eigenvalue weighted by molar-refractivity contribution is 9.10. The first-order chi connectivity index (χ1) is 10.5. The molecule has 8 heteroatoms. The van der Waals surface area contributed by atoms with Crippen LogP contribution in [0.3, 0.4) is 0 Å². The van der Waals surface area contributed by atoms with Gasteiger partial charge < -0.3 is 9.15 Å². The maximum Gasteiger partial charge on any atom is 0.444 e. The summed E-state index contributed by atoms with van der Waals surface area (Å²) in [5, 5.41) is 4.36. The van der Waals surface area contributed by atoms with Crippen molar-refractivity contribution in [3.8, 4) is 17.5 Å². The van der Waals surface area contributed by atoms with Crippen molar-refractivity contribution in [3.05, 3.63) is 68.3 Å². The summed E-state index contributed by atoms with van der Waals surface area (Å²) >= 11 is 8.96. The third kappa shape index (κ3) is 3.05. The zero-order valence-corrected chi connectivity index (χ0v) is 13.1. The van der Waals surface area contributed by atoms with E-state index in [0.717, 1.165) is 4.68 Å². The van der Waals surface area contributed by atoms with Crippen LogP contribution in [0.4, 0.5) is 4.39 Å². The van der Waals surface area contributed by atoms with E-state index in [0.29, 0.717) is 15.2 Å². The minimum Gasteiger partial charge on any atom is -0.410 e. The van der Waals surface area contributed by atoms with Crippen molar-refractivity contribution in [2.24, 2.45) is 0 Å². The zero-order chi connectivity index (χ0) is 15.7. The molecule has 0 saturated carbocycles. The van der Waals surface area contributed by atoms with Gasteiger partial charge in [0.15, 0.2) is 0 Å². The predicted molar refractivity (Wildman–Crippen MR) is 81.3 cm³/mol. The Kier molecular flexibility index (Phi) is 4.00. The fourth-order valence-corrected chi connectivity index (χ4v) is 2.18. The van der Waals surface area contributed by atoms with Gasteiger partial charge in [-0.3, -0.25) is 0 Å². The molecule has 0 aliphatic carbocycles. The molecule has 5 nitrogen and oxygen atoms in total. The highest BCUT2D eigenvalue weighted by Crippen LogP contribution is 2.22. The SMILES string of the molecule is O=c1oc(Oc2ccc(Cl)cc2)nn1-c1cc(Br)ccc1F. The van der Waals surface area contributed by atoms with Crippen LogP contribution >= 0.6 is 27.5 Å². The number of nitrogens with zero attached hydrogens (tertiary/aromatic N) is 2. The predicted octanol–water partition coefficient (Wildman–Crippen LogP) is 4.17. The van der Waals surface area contributed by atoms with Crippen LogP contribution in [0, 0.1) is 5.82 Å². The molecule has 0 fully saturated rings. The molecule has 1 aromatic heterocycles. The molecular formula is C14H7BrClFN2O3. The molecule has 0 bridgehead atoms. The molecule has 0 saturated heterocycles. The molecule has 3 rings (SSSR count). The second-order valence-electron chi connectivity index (χ2n) is 4.20. The van der Waals surface area contributed by atoms with Crippen LogP contribution in [0.1, 0.15) is 0 Å². The minimum absolute atomic E-state index is 0.0471. The Morgan fingerprint density at radius 2 is 1.95 bits per heavy atom. The molecule has 0 amide bonds. The number of aromatic nitrogens is 2. The molecule has 3 aromatic rings. The van der Waals surface area contributed by atoms with Gasteiger partial charge >= 0.3 is 11.8 Å². The molecule has 112 valence electrons. The Bertz CT molecular complexity index is 877. The molecule has 2 aromatic carbocycles. The van der Waals surface area contributed by atoms with Gasteiger partial charge in [0.25, 0.3) is 0 Å². The molecule has 0 aliphatic heterocycles. The van der Waals surface area contributed by atoms with Crippen molar-refractivity contribution in [2.75, 3.05) is 0 Å². The summed E-state index contributed by atoms with van der Waals surface area (Å²) in [6, 6.07) is 10.5. The van der Waals surface area contributed by atoms with E-state index in [1.165, 1.54) is 18.2 Å². The highest BCUT2D eigenvalue weighted by atomic mass is 79.9.